The average molecular weight is 244 g/mol. The predicted molar refractivity (Wildman–Crippen MR) is 67.7 cm³/mol. The quantitative estimate of drug-likeness (QED) is 0.852. The lowest BCUT2D eigenvalue weighted by Gasteiger charge is -2.17. The molecule has 0 aliphatic carbocycles. The second kappa shape index (κ2) is 6.33. The summed E-state index contributed by atoms with van der Waals surface area (Å²) in [5.41, 5.74) is 6.56. The number of nitrogens with two attached hydrogens (primary N) is 1. The third-order valence-corrected chi connectivity index (χ3v) is 2.46. The van der Waals surface area contributed by atoms with Gasteiger partial charge in [-0.05, 0) is 18.9 Å². The number of nitrogens with one attached hydrogen (secondary N) is 1. The molecule has 1 unspecified atom stereocenters. The molecule has 0 spiro atoms. The highest BCUT2D eigenvalue weighted by Crippen LogP contribution is 2.09. The Kier molecular flexibility index (Phi) is 5.82. The normalized spacial score (nSPS) is 11.8. The van der Waals surface area contributed by atoms with Crippen LogP contribution in [-0.4, -0.2) is 16.9 Å². The molecule has 5 heteroatoms. The average Bonchev–Trinajstić information content (AvgIpc) is 2.18. The standard InChI is InChI=1S/C11H17N3O.ClH/c1-7(2)8(3)14-11(15)9-6-13-5-4-10(9)12;/h4-8H,1-3H3,(H2,12,13)(H,14,15);1H. The zero-order valence-corrected chi connectivity index (χ0v) is 10.5. The van der Waals surface area contributed by atoms with Crippen molar-refractivity contribution in [2.24, 2.45) is 5.92 Å². The van der Waals surface area contributed by atoms with Crippen LogP contribution in [0.4, 0.5) is 5.69 Å². The van der Waals surface area contributed by atoms with Crippen molar-refractivity contribution in [3.63, 3.8) is 0 Å². The third kappa shape index (κ3) is 3.70. The summed E-state index contributed by atoms with van der Waals surface area (Å²) in [6, 6.07) is 1.74. The molecule has 0 radical (unpaired) electrons. The molecule has 0 aliphatic heterocycles. The summed E-state index contributed by atoms with van der Waals surface area (Å²) in [7, 11) is 0. The van der Waals surface area contributed by atoms with Crippen LogP contribution in [-0.2, 0) is 0 Å². The molecule has 4 nitrogen and oxygen atoms in total. The minimum absolute atomic E-state index is 0. The lowest BCUT2D eigenvalue weighted by molar-refractivity contribution is 0.0931. The summed E-state index contributed by atoms with van der Waals surface area (Å²) in [4.78, 5) is 15.6. The van der Waals surface area contributed by atoms with E-state index in [-0.39, 0.29) is 24.4 Å². The summed E-state index contributed by atoms with van der Waals surface area (Å²) in [6.45, 7) is 6.07. The lowest BCUT2D eigenvalue weighted by Crippen LogP contribution is -2.36. The number of amides is 1. The van der Waals surface area contributed by atoms with Gasteiger partial charge in [-0.2, -0.15) is 0 Å². The molecule has 90 valence electrons. The highest BCUT2D eigenvalue weighted by Gasteiger charge is 2.14. The van der Waals surface area contributed by atoms with E-state index in [9.17, 15) is 4.79 Å². The van der Waals surface area contributed by atoms with Crippen LogP contribution in [0.15, 0.2) is 18.5 Å². The Balaban J connectivity index is 0.00000225. The number of carbonyl (C=O) groups is 1. The minimum Gasteiger partial charge on any atom is -0.398 e. The maximum absolute atomic E-state index is 11.7. The summed E-state index contributed by atoms with van der Waals surface area (Å²) in [5.74, 6) is 0.230. The molecule has 1 amide bonds. The zero-order valence-electron chi connectivity index (χ0n) is 9.73. The number of halogens is 1. The van der Waals surface area contributed by atoms with E-state index in [4.69, 9.17) is 5.73 Å². The van der Waals surface area contributed by atoms with E-state index in [1.807, 2.05) is 6.92 Å². The number of rotatable bonds is 3. The zero-order chi connectivity index (χ0) is 11.4. The van der Waals surface area contributed by atoms with Crippen LogP contribution in [0.5, 0.6) is 0 Å². The smallest absolute Gasteiger partial charge is 0.255 e. The van der Waals surface area contributed by atoms with Gasteiger partial charge in [0.05, 0.1) is 5.56 Å². The van der Waals surface area contributed by atoms with Crippen molar-refractivity contribution in [2.75, 3.05) is 5.73 Å². The Bertz CT molecular complexity index is 355. The Morgan fingerprint density at radius 2 is 2.06 bits per heavy atom. The Morgan fingerprint density at radius 3 is 2.56 bits per heavy atom. The van der Waals surface area contributed by atoms with E-state index >= 15 is 0 Å². The fourth-order valence-corrected chi connectivity index (χ4v) is 1.05. The molecule has 1 heterocycles. The summed E-state index contributed by atoms with van der Waals surface area (Å²) >= 11 is 0. The van der Waals surface area contributed by atoms with E-state index < -0.39 is 0 Å². The monoisotopic (exact) mass is 243 g/mol. The van der Waals surface area contributed by atoms with Gasteiger partial charge in [-0.15, -0.1) is 12.4 Å². The van der Waals surface area contributed by atoms with E-state index in [0.29, 0.717) is 17.2 Å². The fourth-order valence-electron chi connectivity index (χ4n) is 1.05. The van der Waals surface area contributed by atoms with Gasteiger partial charge in [-0.25, -0.2) is 0 Å². The van der Waals surface area contributed by atoms with Gasteiger partial charge in [0, 0.05) is 24.1 Å². The van der Waals surface area contributed by atoms with Gasteiger partial charge >= 0.3 is 0 Å². The largest absolute Gasteiger partial charge is 0.398 e. The first-order chi connectivity index (χ1) is 7.02. The van der Waals surface area contributed by atoms with Crippen molar-refractivity contribution < 1.29 is 4.79 Å². The van der Waals surface area contributed by atoms with Crippen molar-refractivity contribution in [1.82, 2.24) is 10.3 Å². The number of hydrogen-bond acceptors (Lipinski definition) is 3. The van der Waals surface area contributed by atoms with Gasteiger partial charge in [0.25, 0.3) is 5.91 Å². The highest BCUT2D eigenvalue weighted by atomic mass is 35.5. The van der Waals surface area contributed by atoms with Gasteiger partial charge in [0.15, 0.2) is 0 Å². The Labute approximate surface area is 102 Å². The highest BCUT2D eigenvalue weighted by molar-refractivity contribution is 5.98. The minimum atomic E-state index is -0.165. The molecule has 0 aliphatic rings. The molecular weight excluding hydrogens is 226 g/mol. The molecule has 3 N–H and O–H groups in total. The maximum atomic E-state index is 11.7. The van der Waals surface area contributed by atoms with E-state index in [2.05, 4.69) is 24.1 Å². The van der Waals surface area contributed by atoms with Crippen LogP contribution < -0.4 is 11.1 Å². The first-order valence-electron chi connectivity index (χ1n) is 5.02. The van der Waals surface area contributed by atoms with Crippen molar-refractivity contribution in [3.05, 3.63) is 24.0 Å². The van der Waals surface area contributed by atoms with Crippen LogP contribution in [0.3, 0.4) is 0 Å². The SMILES string of the molecule is CC(C)C(C)NC(=O)c1cnccc1N.Cl. The van der Waals surface area contributed by atoms with Crippen molar-refractivity contribution >= 4 is 24.0 Å². The number of hydrogen-bond donors (Lipinski definition) is 2. The van der Waals surface area contributed by atoms with Crippen molar-refractivity contribution in [2.45, 2.75) is 26.8 Å². The number of anilines is 1. The van der Waals surface area contributed by atoms with Gasteiger partial charge in [0.2, 0.25) is 0 Å². The first-order valence-corrected chi connectivity index (χ1v) is 5.02. The number of nitrogens with zero attached hydrogens (tertiary/aromatic N) is 1. The molecule has 0 saturated carbocycles. The Morgan fingerprint density at radius 1 is 1.44 bits per heavy atom. The molecule has 1 aromatic rings. The molecule has 1 atom stereocenters. The molecular formula is C11H18ClN3O. The second-order valence-corrected chi connectivity index (χ2v) is 3.97. The van der Waals surface area contributed by atoms with Gasteiger partial charge in [-0.1, -0.05) is 13.8 Å². The molecule has 0 saturated heterocycles. The first kappa shape index (κ1) is 14.7. The van der Waals surface area contributed by atoms with Crippen LogP contribution in [0, 0.1) is 5.92 Å². The molecule has 1 rings (SSSR count). The summed E-state index contributed by atoms with van der Waals surface area (Å²) < 4.78 is 0. The van der Waals surface area contributed by atoms with Gasteiger partial charge < -0.3 is 11.1 Å². The second-order valence-electron chi connectivity index (χ2n) is 3.97. The van der Waals surface area contributed by atoms with Crippen molar-refractivity contribution in [1.29, 1.82) is 0 Å². The van der Waals surface area contributed by atoms with E-state index in [1.54, 1.807) is 12.3 Å². The number of aromatic nitrogens is 1. The topological polar surface area (TPSA) is 68.0 Å². The summed E-state index contributed by atoms with van der Waals surface area (Å²) in [6.07, 6.45) is 3.05. The predicted octanol–water partition coefficient (Wildman–Crippen LogP) is 1.86. The van der Waals surface area contributed by atoms with E-state index in [0.717, 1.165) is 0 Å². The Hall–Kier alpha value is -1.29. The maximum Gasteiger partial charge on any atom is 0.255 e. The van der Waals surface area contributed by atoms with Crippen LogP contribution >= 0.6 is 12.4 Å². The number of carbonyl (C=O) groups excluding carboxylic acids is 1. The third-order valence-electron chi connectivity index (χ3n) is 2.46. The van der Waals surface area contributed by atoms with Gasteiger partial charge in [-0.3, -0.25) is 9.78 Å². The molecule has 0 fully saturated rings. The molecule has 1 aromatic heterocycles. The summed E-state index contributed by atoms with van der Waals surface area (Å²) in [5, 5.41) is 2.88. The van der Waals surface area contributed by atoms with Crippen LogP contribution in [0.25, 0.3) is 0 Å². The number of nitrogen functional groups attached to an aromatic ring is 1. The lowest BCUT2D eigenvalue weighted by atomic mass is 10.1. The van der Waals surface area contributed by atoms with Crippen LogP contribution in [0.2, 0.25) is 0 Å². The molecule has 16 heavy (non-hydrogen) atoms. The fraction of sp³-hybridized carbons (Fsp3) is 0.455. The number of pyridine rings is 1. The molecule has 0 aromatic carbocycles. The van der Waals surface area contributed by atoms with Crippen LogP contribution in [0.1, 0.15) is 31.1 Å². The molecule has 0 bridgehead atoms. The van der Waals surface area contributed by atoms with E-state index in [1.165, 1.54) is 6.20 Å². The van der Waals surface area contributed by atoms with Gasteiger partial charge in [0.1, 0.15) is 0 Å². The van der Waals surface area contributed by atoms with Crippen molar-refractivity contribution in [3.8, 4) is 0 Å².